The molecule has 2 rings (SSSR count). The predicted octanol–water partition coefficient (Wildman–Crippen LogP) is 1.14. The van der Waals surface area contributed by atoms with Crippen LogP contribution >= 0.6 is 0 Å². The number of rotatable bonds is 6. The molecule has 20 heavy (non-hydrogen) atoms. The lowest BCUT2D eigenvalue weighted by Crippen LogP contribution is -2.35. The summed E-state index contributed by atoms with van der Waals surface area (Å²) < 4.78 is 10.2. The Morgan fingerprint density at radius 3 is 2.95 bits per heavy atom. The lowest BCUT2D eigenvalue weighted by molar-refractivity contribution is 0.0285. The van der Waals surface area contributed by atoms with Crippen molar-refractivity contribution in [2.75, 3.05) is 33.1 Å². The van der Waals surface area contributed by atoms with Gasteiger partial charge in [0.1, 0.15) is 0 Å². The van der Waals surface area contributed by atoms with E-state index in [1.54, 1.807) is 32.5 Å². The minimum absolute atomic E-state index is 0.154. The summed E-state index contributed by atoms with van der Waals surface area (Å²) in [6.45, 7) is 0.825. The summed E-state index contributed by atoms with van der Waals surface area (Å²) in [5, 5.41) is 3.68. The number of anilines is 1. The number of amides is 1. The second-order valence-corrected chi connectivity index (χ2v) is 4.53. The molecule has 1 heterocycles. The van der Waals surface area contributed by atoms with Crippen molar-refractivity contribution >= 4 is 22.5 Å². The molecule has 0 aliphatic rings. The van der Waals surface area contributed by atoms with E-state index in [0.29, 0.717) is 24.4 Å². The Labute approximate surface area is 117 Å². The van der Waals surface area contributed by atoms with Gasteiger partial charge in [-0.2, -0.15) is 0 Å². The smallest absolute Gasteiger partial charge is 0.253 e. The second kappa shape index (κ2) is 6.40. The molecule has 108 valence electrons. The monoisotopic (exact) mass is 277 g/mol. The molecular weight excluding hydrogens is 258 g/mol. The van der Waals surface area contributed by atoms with Crippen molar-refractivity contribution in [2.45, 2.75) is 6.10 Å². The lowest BCUT2D eigenvalue weighted by Gasteiger charge is -2.14. The van der Waals surface area contributed by atoms with Crippen molar-refractivity contribution in [3.8, 4) is 0 Å². The molecule has 1 unspecified atom stereocenters. The molecule has 0 aliphatic carbocycles. The SMILES string of the molecule is COCC(CNC(=O)c1c[nH]c2cc(N)ccc12)OC. The molecule has 0 spiro atoms. The highest BCUT2D eigenvalue weighted by atomic mass is 16.5. The van der Waals surface area contributed by atoms with E-state index in [1.807, 2.05) is 6.07 Å². The van der Waals surface area contributed by atoms with Crippen LogP contribution in [0.5, 0.6) is 0 Å². The number of fused-ring (bicyclic) bond motifs is 1. The molecule has 0 bridgehead atoms. The lowest BCUT2D eigenvalue weighted by atomic mass is 10.1. The first-order valence-electron chi connectivity index (χ1n) is 6.32. The number of benzene rings is 1. The average Bonchev–Trinajstić information content (AvgIpc) is 2.85. The van der Waals surface area contributed by atoms with Gasteiger partial charge in [-0.25, -0.2) is 0 Å². The third-order valence-electron chi connectivity index (χ3n) is 3.13. The molecule has 0 saturated carbocycles. The summed E-state index contributed by atoms with van der Waals surface area (Å²) in [4.78, 5) is 15.2. The quantitative estimate of drug-likeness (QED) is 0.691. The Hall–Kier alpha value is -2.05. The zero-order valence-corrected chi connectivity index (χ0v) is 11.6. The maximum absolute atomic E-state index is 12.2. The van der Waals surface area contributed by atoms with Crippen LogP contribution in [0, 0.1) is 0 Å². The van der Waals surface area contributed by atoms with Gasteiger partial charge in [0.2, 0.25) is 0 Å². The van der Waals surface area contributed by atoms with Gasteiger partial charge in [0.05, 0.1) is 18.3 Å². The summed E-state index contributed by atoms with van der Waals surface area (Å²) in [6.07, 6.45) is 1.52. The topological polar surface area (TPSA) is 89.4 Å². The van der Waals surface area contributed by atoms with Crippen LogP contribution in [0.25, 0.3) is 10.9 Å². The predicted molar refractivity (Wildman–Crippen MR) is 77.7 cm³/mol. The number of aromatic nitrogens is 1. The molecule has 6 heteroatoms. The van der Waals surface area contributed by atoms with Crippen molar-refractivity contribution in [1.29, 1.82) is 0 Å². The number of nitrogen functional groups attached to an aromatic ring is 1. The Morgan fingerprint density at radius 1 is 1.45 bits per heavy atom. The standard InChI is InChI=1S/C14H19N3O3/c1-19-8-10(20-2)6-17-14(18)12-7-16-13-5-9(15)3-4-11(12)13/h3-5,7,10,16H,6,8,15H2,1-2H3,(H,17,18). The number of H-pyrrole nitrogens is 1. The van der Waals surface area contributed by atoms with E-state index in [9.17, 15) is 4.79 Å². The van der Waals surface area contributed by atoms with Crippen LogP contribution in [0.15, 0.2) is 24.4 Å². The van der Waals surface area contributed by atoms with Crippen molar-refractivity contribution < 1.29 is 14.3 Å². The number of hydrogen-bond acceptors (Lipinski definition) is 4. The van der Waals surface area contributed by atoms with Crippen molar-refractivity contribution in [1.82, 2.24) is 10.3 Å². The van der Waals surface area contributed by atoms with Crippen LogP contribution in [0.4, 0.5) is 5.69 Å². The van der Waals surface area contributed by atoms with Crippen molar-refractivity contribution in [3.63, 3.8) is 0 Å². The van der Waals surface area contributed by atoms with Crippen molar-refractivity contribution in [3.05, 3.63) is 30.0 Å². The zero-order chi connectivity index (χ0) is 14.5. The molecule has 1 aromatic heterocycles. The second-order valence-electron chi connectivity index (χ2n) is 4.53. The molecule has 0 aliphatic heterocycles. The number of carbonyl (C=O) groups excluding carboxylic acids is 1. The Balaban J connectivity index is 2.08. The van der Waals surface area contributed by atoms with Crippen LogP contribution in [-0.4, -0.2) is 44.4 Å². The maximum atomic E-state index is 12.2. The fourth-order valence-electron chi connectivity index (χ4n) is 2.03. The molecule has 0 saturated heterocycles. The van der Waals surface area contributed by atoms with Gasteiger partial charge in [-0.05, 0) is 18.2 Å². The summed E-state index contributed by atoms with van der Waals surface area (Å²) in [6, 6.07) is 5.41. The summed E-state index contributed by atoms with van der Waals surface area (Å²) in [7, 11) is 3.18. The molecule has 1 aromatic carbocycles. The summed E-state index contributed by atoms with van der Waals surface area (Å²) in [5.41, 5.74) is 7.80. The molecular formula is C14H19N3O3. The Bertz CT molecular complexity index is 594. The average molecular weight is 277 g/mol. The van der Waals surface area contributed by atoms with E-state index in [0.717, 1.165) is 10.9 Å². The summed E-state index contributed by atoms with van der Waals surface area (Å²) in [5.74, 6) is -0.154. The van der Waals surface area contributed by atoms with Crippen LogP contribution < -0.4 is 11.1 Å². The number of hydrogen-bond donors (Lipinski definition) is 3. The minimum Gasteiger partial charge on any atom is -0.399 e. The third kappa shape index (κ3) is 3.09. The Kier molecular flexibility index (Phi) is 4.60. The van der Waals surface area contributed by atoms with E-state index < -0.39 is 0 Å². The van der Waals surface area contributed by atoms with Crippen LogP contribution in [-0.2, 0) is 9.47 Å². The van der Waals surface area contributed by atoms with E-state index in [-0.39, 0.29) is 12.0 Å². The van der Waals surface area contributed by atoms with Crippen LogP contribution in [0.1, 0.15) is 10.4 Å². The fraction of sp³-hybridized carbons (Fsp3) is 0.357. The third-order valence-corrected chi connectivity index (χ3v) is 3.13. The van der Waals surface area contributed by atoms with Gasteiger partial charge in [0, 0.05) is 43.6 Å². The van der Waals surface area contributed by atoms with E-state index in [2.05, 4.69) is 10.3 Å². The maximum Gasteiger partial charge on any atom is 0.253 e. The number of nitrogens with one attached hydrogen (secondary N) is 2. The van der Waals surface area contributed by atoms with Gasteiger partial charge in [-0.1, -0.05) is 0 Å². The number of aromatic amines is 1. The summed E-state index contributed by atoms with van der Waals surface area (Å²) >= 11 is 0. The molecule has 0 fully saturated rings. The normalized spacial score (nSPS) is 12.5. The van der Waals surface area contributed by atoms with Crippen molar-refractivity contribution in [2.24, 2.45) is 0 Å². The molecule has 0 radical (unpaired) electrons. The number of carbonyl (C=O) groups is 1. The highest BCUT2D eigenvalue weighted by Gasteiger charge is 2.14. The van der Waals surface area contributed by atoms with Gasteiger partial charge < -0.3 is 25.5 Å². The highest BCUT2D eigenvalue weighted by Crippen LogP contribution is 2.20. The molecule has 4 N–H and O–H groups in total. The first-order chi connectivity index (χ1) is 9.65. The van der Waals surface area contributed by atoms with Crippen LogP contribution in [0.3, 0.4) is 0 Å². The Morgan fingerprint density at radius 2 is 2.25 bits per heavy atom. The number of nitrogens with two attached hydrogens (primary N) is 1. The zero-order valence-electron chi connectivity index (χ0n) is 11.6. The van der Waals surface area contributed by atoms with Gasteiger partial charge in [-0.15, -0.1) is 0 Å². The minimum atomic E-state index is -0.162. The molecule has 1 amide bonds. The van der Waals surface area contributed by atoms with Gasteiger partial charge >= 0.3 is 0 Å². The van der Waals surface area contributed by atoms with E-state index in [1.165, 1.54) is 0 Å². The highest BCUT2D eigenvalue weighted by molar-refractivity contribution is 6.07. The van der Waals surface area contributed by atoms with E-state index in [4.69, 9.17) is 15.2 Å². The largest absolute Gasteiger partial charge is 0.399 e. The van der Waals surface area contributed by atoms with Gasteiger partial charge in [-0.3, -0.25) is 4.79 Å². The first-order valence-corrected chi connectivity index (χ1v) is 6.32. The molecule has 6 nitrogen and oxygen atoms in total. The van der Waals surface area contributed by atoms with Gasteiger partial charge in [0.15, 0.2) is 0 Å². The van der Waals surface area contributed by atoms with Gasteiger partial charge in [0.25, 0.3) is 5.91 Å². The fourth-order valence-corrected chi connectivity index (χ4v) is 2.03. The first kappa shape index (κ1) is 14.4. The molecule has 1 atom stereocenters. The molecule has 2 aromatic rings. The number of ether oxygens (including phenoxy) is 2. The van der Waals surface area contributed by atoms with E-state index >= 15 is 0 Å². The van der Waals surface area contributed by atoms with Crippen LogP contribution in [0.2, 0.25) is 0 Å². The number of methoxy groups -OCH3 is 2.